The second kappa shape index (κ2) is 8.03. The first-order valence-corrected chi connectivity index (χ1v) is 6.28. The van der Waals surface area contributed by atoms with E-state index < -0.39 is 0 Å². The second-order valence-corrected chi connectivity index (χ2v) is 4.67. The Hall–Kier alpha value is -1.13. The SMILES string of the molecule is CC(C)CNCCCNCc1cccc(=O)[nH]1. The molecule has 0 bridgehead atoms. The minimum atomic E-state index is -0.0390. The lowest BCUT2D eigenvalue weighted by Gasteiger charge is -2.08. The van der Waals surface area contributed by atoms with Crippen LogP contribution in [0.3, 0.4) is 0 Å². The number of aromatic nitrogens is 1. The molecule has 96 valence electrons. The summed E-state index contributed by atoms with van der Waals surface area (Å²) >= 11 is 0. The fraction of sp³-hybridized carbons (Fsp3) is 0.615. The molecule has 0 radical (unpaired) electrons. The van der Waals surface area contributed by atoms with Gasteiger partial charge in [-0.2, -0.15) is 0 Å². The lowest BCUT2D eigenvalue weighted by atomic mass is 10.2. The van der Waals surface area contributed by atoms with Crippen molar-refractivity contribution in [3.63, 3.8) is 0 Å². The summed E-state index contributed by atoms with van der Waals surface area (Å²) in [5.41, 5.74) is 0.899. The molecular weight excluding hydrogens is 214 g/mol. The van der Waals surface area contributed by atoms with Crippen LogP contribution in [-0.4, -0.2) is 24.6 Å². The Balaban J connectivity index is 2.03. The Bertz CT molecular complexity index is 360. The van der Waals surface area contributed by atoms with E-state index in [0.29, 0.717) is 5.92 Å². The summed E-state index contributed by atoms with van der Waals surface area (Å²) in [6.07, 6.45) is 1.10. The summed E-state index contributed by atoms with van der Waals surface area (Å²) in [5, 5.41) is 6.70. The monoisotopic (exact) mass is 237 g/mol. The fourth-order valence-electron chi connectivity index (χ4n) is 1.55. The van der Waals surface area contributed by atoms with Crippen LogP contribution in [0, 0.1) is 5.92 Å². The number of rotatable bonds is 8. The number of pyridine rings is 1. The smallest absolute Gasteiger partial charge is 0.248 e. The molecule has 0 fully saturated rings. The molecule has 17 heavy (non-hydrogen) atoms. The molecule has 3 N–H and O–H groups in total. The van der Waals surface area contributed by atoms with Crippen LogP contribution >= 0.6 is 0 Å². The molecule has 0 spiro atoms. The Morgan fingerprint density at radius 2 is 2.00 bits per heavy atom. The van der Waals surface area contributed by atoms with Crippen molar-refractivity contribution in [2.75, 3.05) is 19.6 Å². The predicted molar refractivity (Wildman–Crippen MR) is 71.1 cm³/mol. The normalized spacial score (nSPS) is 11.0. The van der Waals surface area contributed by atoms with Gasteiger partial charge in [0.2, 0.25) is 5.56 Å². The third-order valence-corrected chi connectivity index (χ3v) is 2.40. The van der Waals surface area contributed by atoms with Gasteiger partial charge in [0, 0.05) is 18.3 Å². The highest BCUT2D eigenvalue weighted by molar-refractivity contribution is 5.03. The molecule has 0 aromatic carbocycles. The van der Waals surface area contributed by atoms with Crippen LogP contribution in [0.25, 0.3) is 0 Å². The highest BCUT2D eigenvalue weighted by atomic mass is 16.1. The number of H-pyrrole nitrogens is 1. The van der Waals surface area contributed by atoms with Crippen LogP contribution in [-0.2, 0) is 6.54 Å². The molecule has 1 aromatic rings. The highest BCUT2D eigenvalue weighted by Gasteiger charge is 1.94. The summed E-state index contributed by atoms with van der Waals surface area (Å²) in [5.74, 6) is 0.706. The fourth-order valence-corrected chi connectivity index (χ4v) is 1.55. The van der Waals surface area contributed by atoms with Crippen LogP contribution in [0.2, 0.25) is 0 Å². The zero-order valence-corrected chi connectivity index (χ0v) is 10.8. The molecule has 1 rings (SSSR count). The second-order valence-electron chi connectivity index (χ2n) is 4.67. The van der Waals surface area contributed by atoms with Crippen molar-refractivity contribution < 1.29 is 0 Å². The first-order valence-electron chi connectivity index (χ1n) is 6.28. The van der Waals surface area contributed by atoms with Crippen molar-refractivity contribution >= 4 is 0 Å². The molecule has 0 aliphatic heterocycles. The molecule has 0 saturated carbocycles. The maximum Gasteiger partial charge on any atom is 0.248 e. The van der Waals surface area contributed by atoms with E-state index in [0.717, 1.165) is 38.3 Å². The average molecular weight is 237 g/mol. The van der Waals surface area contributed by atoms with Gasteiger partial charge in [-0.1, -0.05) is 19.9 Å². The molecule has 0 saturated heterocycles. The van der Waals surface area contributed by atoms with E-state index in [-0.39, 0.29) is 5.56 Å². The quantitative estimate of drug-likeness (QED) is 0.593. The van der Waals surface area contributed by atoms with Crippen molar-refractivity contribution in [3.05, 3.63) is 34.2 Å². The number of aromatic amines is 1. The summed E-state index contributed by atoms with van der Waals surface area (Å²) in [6.45, 7) is 8.21. The van der Waals surface area contributed by atoms with E-state index >= 15 is 0 Å². The van der Waals surface area contributed by atoms with E-state index in [1.165, 1.54) is 6.07 Å². The molecule has 4 nitrogen and oxygen atoms in total. The topological polar surface area (TPSA) is 56.9 Å². The van der Waals surface area contributed by atoms with E-state index in [1.54, 1.807) is 6.07 Å². The van der Waals surface area contributed by atoms with Gasteiger partial charge in [0.25, 0.3) is 0 Å². The van der Waals surface area contributed by atoms with Gasteiger partial charge in [0.15, 0.2) is 0 Å². The van der Waals surface area contributed by atoms with Crippen molar-refractivity contribution in [2.24, 2.45) is 5.92 Å². The lowest BCUT2D eigenvalue weighted by Crippen LogP contribution is -2.25. The van der Waals surface area contributed by atoms with Crippen LogP contribution in [0.5, 0.6) is 0 Å². The maximum absolute atomic E-state index is 11.0. The molecule has 0 aliphatic rings. The van der Waals surface area contributed by atoms with Gasteiger partial charge in [-0.3, -0.25) is 4.79 Å². The summed E-state index contributed by atoms with van der Waals surface area (Å²) in [7, 11) is 0. The third kappa shape index (κ3) is 6.92. The molecule has 1 heterocycles. The Morgan fingerprint density at radius 3 is 2.71 bits per heavy atom. The van der Waals surface area contributed by atoms with Gasteiger partial charge in [-0.15, -0.1) is 0 Å². The van der Waals surface area contributed by atoms with E-state index in [2.05, 4.69) is 29.5 Å². The molecule has 1 aromatic heterocycles. The number of nitrogens with one attached hydrogen (secondary N) is 3. The first kappa shape index (κ1) is 13.9. The van der Waals surface area contributed by atoms with Crippen LogP contribution < -0.4 is 16.2 Å². The zero-order valence-electron chi connectivity index (χ0n) is 10.8. The molecule has 0 aliphatic carbocycles. The largest absolute Gasteiger partial charge is 0.325 e. The molecule has 0 unspecified atom stereocenters. The van der Waals surface area contributed by atoms with Gasteiger partial charge in [0.05, 0.1) is 0 Å². The summed E-state index contributed by atoms with van der Waals surface area (Å²) < 4.78 is 0. The average Bonchev–Trinajstić information content (AvgIpc) is 2.27. The number of hydrogen-bond donors (Lipinski definition) is 3. The summed E-state index contributed by atoms with van der Waals surface area (Å²) in [6, 6.07) is 5.23. The van der Waals surface area contributed by atoms with E-state index in [4.69, 9.17) is 0 Å². The van der Waals surface area contributed by atoms with E-state index in [1.807, 2.05) is 6.07 Å². The van der Waals surface area contributed by atoms with Gasteiger partial charge < -0.3 is 15.6 Å². The van der Waals surface area contributed by atoms with Crippen molar-refractivity contribution in [1.82, 2.24) is 15.6 Å². The standard InChI is InChI=1S/C13H23N3O/c1-11(2)9-14-7-4-8-15-10-12-5-3-6-13(17)16-12/h3,5-6,11,14-15H,4,7-10H2,1-2H3,(H,16,17). The highest BCUT2D eigenvalue weighted by Crippen LogP contribution is 1.89. The van der Waals surface area contributed by atoms with Crippen molar-refractivity contribution in [2.45, 2.75) is 26.8 Å². The molecule has 0 amide bonds. The maximum atomic E-state index is 11.0. The Kier molecular flexibility index (Phi) is 6.58. The van der Waals surface area contributed by atoms with Crippen LogP contribution in [0.4, 0.5) is 0 Å². The van der Waals surface area contributed by atoms with Crippen molar-refractivity contribution in [3.8, 4) is 0 Å². The lowest BCUT2D eigenvalue weighted by molar-refractivity contribution is 0.529. The Morgan fingerprint density at radius 1 is 1.24 bits per heavy atom. The Labute approximate surface area is 103 Å². The predicted octanol–water partition coefficient (Wildman–Crippen LogP) is 1.10. The molecular formula is C13H23N3O. The molecule has 4 heteroatoms. The van der Waals surface area contributed by atoms with E-state index in [9.17, 15) is 4.79 Å². The van der Waals surface area contributed by atoms with Gasteiger partial charge in [-0.05, 0) is 38.0 Å². The zero-order chi connectivity index (χ0) is 12.5. The third-order valence-electron chi connectivity index (χ3n) is 2.40. The van der Waals surface area contributed by atoms with Gasteiger partial charge in [0.1, 0.15) is 0 Å². The number of hydrogen-bond acceptors (Lipinski definition) is 3. The van der Waals surface area contributed by atoms with Gasteiger partial charge >= 0.3 is 0 Å². The minimum Gasteiger partial charge on any atom is -0.325 e. The minimum absolute atomic E-state index is 0.0390. The molecule has 0 atom stereocenters. The van der Waals surface area contributed by atoms with Crippen LogP contribution in [0.1, 0.15) is 26.0 Å². The van der Waals surface area contributed by atoms with Crippen molar-refractivity contribution in [1.29, 1.82) is 0 Å². The summed E-state index contributed by atoms with van der Waals surface area (Å²) in [4.78, 5) is 13.8. The first-order chi connectivity index (χ1) is 8.18. The van der Waals surface area contributed by atoms with Gasteiger partial charge in [-0.25, -0.2) is 0 Å². The van der Waals surface area contributed by atoms with Crippen LogP contribution in [0.15, 0.2) is 23.0 Å².